The Morgan fingerprint density at radius 3 is 1.31 bits per heavy atom. The minimum atomic E-state index is -1.93. The van der Waals surface area contributed by atoms with E-state index in [1.54, 1.807) is 0 Å². The molecule has 0 aromatic carbocycles. The SMILES string of the molecule is C[C@H]1C[C@@H]1[Si](C)(O[Si](C)(C)C)O[Si](C)(C)C. The van der Waals surface area contributed by atoms with Gasteiger partial charge in [0.2, 0.25) is 0 Å². The molecule has 0 aromatic heterocycles. The summed E-state index contributed by atoms with van der Waals surface area (Å²) in [5.74, 6) is 0.823. The zero-order chi connectivity index (χ0) is 12.8. The lowest BCUT2D eigenvalue weighted by molar-refractivity contribution is 0.379. The normalized spacial score (nSPS) is 27.0. The van der Waals surface area contributed by atoms with Crippen LogP contribution < -0.4 is 0 Å². The molecule has 0 heterocycles. The lowest BCUT2D eigenvalue weighted by Crippen LogP contribution is -2.53. The molecule has 2 atom stereocenters. The Morgan fingerprint density at radius 1 is 0.812 bits per heavy atom. The fourth-order valence-corrected chi connectivity index (χ4v) is 15.8. The highest BCUT2D eigenvalue weighted by Crippen LogP contribution is 2.53. The lowest BCUT2D eigenvalue weighted by atomic mass is 10.5. The summed E-state index contributed by atoms with van der Waals surface area (Å²) in [6, 6.07) is 0. The molecule has 0 radical (unpaired) electrons. The van der Waals surface area contributed by atoms with Crippen molar-refractivity contribution in [3.05, 3.63) is 0 Å². The van der Waals surface area contributed by atoms with Crippen LogP contribution in [-0.2, 0) is 8.23 Å². The van der Waals surface area contributed by atoms with Crippen LogP contribution in [0.5, 0.6) is 0 Å². The van der Waals surface area contributed by atoms with Crippen LogP contribution in [-0.4, -0.2) is 25.2 Å². The van der Waals surface area contributed by atoms with Gasteiger partial charge in [-0.1, -0.05) is 6.92 Å². The van der Waals surface area contributed by atoms with Crippen molar-refractivity contribution in [3.8, 4) is 0 Å². The molecule has 5 heteroatoms. The van der Waals surface area contributed by atoms with E-state index >= 15 is 0 Å². The third kappa shape index (κ3) is 4.44. The lowest BCUT2D eigenvalue weighted by Gasteiger charge is -2.39. The second-order valence-electron chi connectivity index (χ2n) is 7.26. The molecule has 0 bridgehead atoms. The minimum absolute atomic E-state index is 0.742. The zero-order valence-corrected chi connectivity index (χ0v) is 15.2. The van der Waals surface area contributed by atoms with Crippen molar-refractivity contribution in [2.45, 2.75) is 64.7 Å². The first kappa shape index (κ1) is 14.6. The molecule has 96 valence electrons. The minimum Gasteiger partial charge on any atom is -0.436 e. The Bertz CT molecular complexity index is 239. The summed E-state index contributed by atoms with van der Waals surface area (Å²) in [5.41, 5.74) is 0.742. The van der Waals surface area contributed by atoms with E-state index in [9.17, 15) is 0 Å². The number of hydrogen-bond donors (Lipinski definition) is 0. The van der Waals surface area contributed by atoms with Gasteiger partial charge >= 0.3 is 8.56 Å². The highest BCUT2D eigenvalue weighted by atomic mass is 28.5. The molecular formula is C11H28O2Si3. The maximum atomic E-state index is 6.49. The molecule has 0 spiro atoms. The van der Waals surface area contributed by atoms with Gasteiger partial charge in [-0.05, 0) is 58.2 Å². The van der Waals surface area contributed by atoms with Gasteiger partial charge in [-0.15, -0.1) is 0 Å². The van der Waals surface area contributed by atoms with Crippen molar-refractivity contribution in [1.29, 1.82) is 0 Å². The Morgan fingerprint density at radius 2 is 1.12 bits per heavy atom. The standard InChI is InChI=1S/C11H28O2Si3/c1-10-9-11(10)16(8,12-14(2,3)4)13-15(5,6)7/h10-11H,9H2,1-8H3/t10-,11-/m0/s1. The maximum absolute atomic E-state index is 6.49. The summed E-state index contributed by atoms with van der Waals surface area (Å²) in [6.45, 7) is 18.3. The molecule has 2 nitrogen and oxygen atoms in total. The fraction of sp³-hybridized carbons (Fsp3) is 1.00. The van der Waals surface area contributed by atoms with Crippen LogP contribution in [0.4, 0.5) is 0 Å². The molecule has 0 unspecified atom stereocenters. The summed E-state index contributed by atoms with van der Waals surface area (Å²) in [7, 11) is -4.90. The van der Waals surface area contributed by atoms with Gasteiger partial charge in [0.25, 0.3) is 0 Å². The molecule has 0 N–H and O–H groups in total. The van der Waals surface area contributed by atoms with Gasteiger partial charge in [0, 0.05) is 5.54 Å². The number of hydrogen-bond acceptors (Lipinski definition) is 2. The summed E-state index contributed by atoms with van der Waals surface area (Å²) in [4.78, 5) is 0. The third-order valence-electron chi connectivity index (χ3n) is 2.80. The molecule has 1 rings (SSSR count). The molecule has 1 saturated carbocycles. The predicted molar refractivity (Wildman–Crippen MR) is 78.0 cm³/mol. The van der Waals surface area contributed by atoms with Crippen molar-refractivity contribution in [3.63, 3.8) is 0 Å². The van der Waals surface area contributed by atoms with Gasteiger partial charge in [0.15, 0.2) is 16.6 Å². The highest BCUT2D eigenvalue weighted by molar-refractivity contribution is 6.88. The largest absolute Gasteiger partial charge is 0.436 e. The monoisotopic (exact) mass is 276 g/mol. The van der Waals surface area contributed by atoms with Gasteiger partial charge in [0.1, 0.15) is 0 Å². The van der Waals surface area contributed by atoms with Gasteiger partial charge in [-0.3, -0.25) is 0 Å². The molecule has 1 fully saturated rings. The first-order valence-electron chi connectivity index (χ1n) is 6.33. The van der Waals surface area contributed by atoms with E-state index in [0.717, 1.165) is 11.5 Å². The van der Waals surface area contributed by atoms with Crippen molar-refractivity contribution >= 4 is 25.2 Å². The molecule has 1 aliphatic carbocycles. The summed E-state index contributed by atoms with van der Waals surface area (Å²) >= 11 is 0. The zero-order valence-electron chi connectivity index (χ0n) is 12.2. The average molecular weight is 277 g/mol. The Hall–Kier alpha value is 0.571. The maximum Gasteiger partial charge on any atom is 0.317 e. The van der Waals surface area contributed by atoms with Crippen molar-refractivity contribution in [2.24, 2.45) is 5.92 Å². The van der Waals surface area contributed by atoms with E-state index in [0.29, 0.717) is 0 Å². The van der Waals surface area contributed by atoms with E-state index in [1.807, 2.05) is 0 Å². The van der Waals surface area contributed by atoms with Crippen LogP contribution in [0.3, 0.4) is 0 Å². The van der Waals surface area contributed by atoms with Crippen LogP contribution in [0.25, 0.3) is 0 Å². The predicted octanol–water partition coefficient (Wildman–Crippen LogP) is 4.17. The second kappa shape index (κ2) is 4.35. The molecule has 1 aliphatic rings. The Kier molecular flexibility index (Phi) is 3.98. The Balaban J connectivity index is 2.77. The van der Waals surface area contributed by atoms with Crippen LogP contribution in [0.1, 0.15) is 13.3 Å². The van der Waals surface area contributed by atoms with Crippen molar-refractivity contribution in [2.75, 3.05) is 0 Å². The van der Waals surface area contributed by atoms with Gasteiger partial charge < -0.3 is 8.23 Å². The Labute approximate surface area is 104 Å². The van der Waals surface area contributed by atoms with Crippen molar-refractivity contribution < 1.29 is 8.23 Å². The van der Waals surface area contributed by atoms with E-state index in [1.165, 1.54) is 6.42 Å². The first-order chi connectivity index (χ1) is 6.93. The van der Waals surface area contributed by atoms with E-state index in [2.05, 4.69) is 52.8 Å². The van der Waals surface area contributed by atoms with E-state index in [4.69, 9.17) is 8.23 Å². The van der Waals surface area contributed by atoms with Gasteiger partial charge in [-0.2, -0.15) is 0 Å². The fourth-order valence-electron chi connectivity index (χ4n) is 2.44. The van der Waals surface area contributed by atoms with Crippen LogP contribution >= 0.6 is 0 Å². The number of rotatable bonds is 5. The van der Waals surface area contributed by atoms with Crippen LogP contribution in [0, 0.1) is 5.92 Å². The topological polar surface area (TPSA) is 18.5 Å². The molecule has 0 aromatic rings. The molecular weight excluding hydrogens is 248 g/mol. The molecule has 0 saturated heterocycles. The van der Waals surface area contributed by atoms with Gasteiger partial charge in [0.05, 0.1) is 0 Å². The molecule has 16 heavy (non-hydrogen) atoms. The molecule has 0 aliphatic heterocycles. The van der Waals surface area contributed by atoms with Gasteiger partial charge in [-0.25, -0.2) is 0 Å². The quantitative estimate of drug-likeness (QED) is 0.702. The second-order valence-corrected chi connectivity index (χ2v) is 20.1. The van der Waals surface area contributed by atoms with Crippen LogP contribution in [0.2, 0.25) is 51.4 Å². The average Bonchev–Trinajstić information content (AvgIpc) is 2.56. The van der Waals surface area contributed by atoms with E-state index < -0.39 is 25.2 Å². The summed E-state index contributed by atoms with van der Waals surface area (Å²) in [6.07, 6.45) is 1.32. The summed E-state index contributed by atoms with van der Waals surface area (Å²) < 4.78 is 13.0. The van der Waals surface area contributed by atoms with Crippen LogP contribution in [0.15, 0.2) is 0 Å². The third-order valence-corrected chi connectivity index (χ3v) is 13.1. The molecule has 0 amide bonds. The highest BCUT2D eigenvalue weighted by Gasteiger charge is 2.55. The van der Waals surface area contributed by atoms with Crippen molar-refractivity contribution in [1.82, 2.24) is 0 Å². The summed E-state index contributed by atoms with van der Waals surface area (Å²) in [5, 5.41) is 0. The first-order valence-corrected chi connectivity index (χ1v) is 15.5. The smallest absolute Gasteiger partial charge is 0.317 e. The van der Waals surface area contributed by atoms with E-state index in [-0.39, 0.29) is 0 Å².